The van der Waals surface area contributed by atoms with Crippen molar-refractivity contribution in [3.63, 3.8) is 0 Å². The van der Waals surface area contributed by atoms with Crippen LogP contribution < -0.4 is 19.7 Å². The van der Waals surface area contributed by atoms with Gasteiger partial charge >= 0.3 is 0 Å². The number of nitrogens with zero attached hydrogens (tertiary/aromatic N) is 4. The number of anilines is 3. The van der Waals surface area contributed by atoms with E-state index in [1.807, 2.05) is 24.3 Å². The van der Waals surface area contributed by atoms with Crippen molar-refractivity contribution in [2.45, 2.75) is 38.2 Å². The van der Waals surface area contributed by atoms with Crippen LogP contribution in [0.5, 0.6) is 11.5 Å². The van der Waals surface area contributed by atoms with Crippen molar-refractivity contribution < 1.29 is 14.2 Å². The number of rotatable bonds is 10. The zero-order chi connectivity index (χ0) is 22.2. The molecule has 0 saturated carbocycles. The number of benzene rings is 1. The first-order chi connectivity index (χ1) is 15.7. The average molecular weight is 442 g/mol. The predicted octanol–water partition coefficient (Wildman–Crippen LogP) is 3.71. The largest absolute Gasteiger partial charge is 0.493 e. The lowest BCUT2D eigenvalue weighted by Crippen LogP contribution is -2.37. The van der Waals surface area contributed by atoms with Crippen molar-refractivity contribution in [2.75, 3.05) is 63.8 Å². The molecule has 1 N–H and O–H groups in total. The molecule has 0 bridgehead atoms. The Balaban J connectivity index is 1.35. The van der Waals surface area contributed by atoms with E-state index < -0.39 is 0 Å². The van der Waals surface area contributed by atoms with Gasteiger partial charge in [0.1, 0.15) is 5.82 Å². The fraction of sp³-hybridized carbons (Fsp3) is 0.583. The molecular weight excluding hydrogens is 406 g/mol. The van der Waals surface area contributed by atoms with Gasteiger partial charge in [0, 0.05) is 44.7 Å². The molecule has 0 aliphatic carbocycles. The highest BCUT2D eigenvalue weighted by Gasteiger charge is 2.20. The quantitative estimate of drug-likeness (QED) is 0.560. The third kappa shape index (κ3) is 6.01. The van der Waals surface area contributed by atoms with Gasteiger partial charge in [0.15, 0.2) is 11.5 Å². The van der Waals surface area contributed by atoms with Crippen LogP contribution in [0.25, 0.3) is 0 Å². The van der Waals surface area contributed by atoms with Gasteiger partial charge in [0.25, 0.3) is 0 Å². The van der Waals surface area contributed by atoms with E-state index in [1.165, 1.54) is 25.9 Å². The number of hydrogen-bond donors (Lipinski definition) is 1. The van der Waals surface area contributed by atoms with Crippen LogP contribution in [0.1, 0.15) is 32.1 Å². The first-order valence-corrected chi connectivity index (χ1v) is 11.7. The summed E-state index contributed by atoms with van der Waals surface area (Å²) in [5.41, 5.74) is 0.871. The molecule has 2 aliphatic rings. The Morgan fingerprint density at radius 2 is 1.84 bits per heavy atom. The molecule has 0 radical (unpaired) electrons. The second-order valence-corrected chi connectivity index (χ2v) is 8.40. The molecule has 4 rings (SSSR count). The molecule has 2 fully saturated rings. The predicted molar refractivity (Wildman–Crippen MR) is 126 cm³/mol. The van der Waals surface area contributed by atoms with Crippen molar-refractivity contribution in [3.8, 4) is 11.5 Å². The van der Waals surface area contributed by atoms with Gasteiger partial charge in [-0.3, -0.25) is 0 Å². The number of hydrogen-bond acceptors (Lipinski definition) is 8. The van der Waals surface area contributed by atoms with Gasteiger partial charge in [-0.25, -0.2) is 4.98 Å². The zero-order valence-corrected chi connectivity index (χ0v) is 19.3. The minimum absolute atomic E-state index is 0.346. The Hall–Kier alpha value is -2.58. The lowest BCUT2D eigenvalue weighted by Gasteiger charge is -2.32. The number of aromatic nitrogens is 2. The summed E-state index contributed by atoms with van der Waals surface area (Å²) in [5, 5.41) is 3.31. The van der Waals surface area contributed by atoms with Crippen molar-refractivity contribution >= 4 is 17.5 Å². The molecule has 8 heteroatoms. The summed E-state index contributed by atoms with van der Waals surface area (Å²) in [6, 6.07) is 7.78. The summed E-state index contributed by atoms with van der Waals surface area (Å²) in [7, 11) is 3.45. The maximum Gasteiger partial charge on any atom is 0.229 e. The van der Waals surface area contributed by atoms with Crippen LogP contribution in [0, 0.1) is 0 Å². The first-order valence-electron chi connectivity index (χ1n) is 11.7. The van der Waals surface area contributed by atoms with Crippen molar-refractivity contribution in [2.24, 2.45) is 0 Å². The molecule has 1 aromatic heterocycles. The minimum atomic E-state index is 0.346. The molecule has 3 heterocycles. The SMILES string of the molecule is COc1ccc(Nc2nccc(N3CCC(OC)CC3)n2)cc1OCCCN1CCCC1. The molecule has 0 unspecified atom stereocenters. The van der Waals surface area contributed by atoms with E-state index in [9.17, 15) is 0 Å². The van der Waals surface area contributed by atoms with E-state index in [4.69, 9.17) is 19.2 Å². The van der Waals surface area contributed by atoms with Crippen LogP contribution in [0.4, 0.5) is 17.5 Å². The fourth-order valence-electron chi connectivity index (χ4n) is 4.38. The van der Waals surface area contributed by atoms with Crippen LogP contribution in [-0.2, 0) is 4.74 Å². The number of nitrogens with one attached hydrogen (secondary N) is 1. The molecule has 2 saturated heterocycles. The summed E-state index contributed by atoms with van der Waals surface area (Å²) >= 11 is 0. The Bertz CT molecular complexity index is 851. The second kappa shape index (κ2) is 11.3. The van der Waals surface area contributed by atoms with Crippen LogP contribution >= 0.6 is 0 Å². The molecule has 0 amide bonds. The van der Waals surface area contributed by atoms with E-state index in [2.05, 4.69) is 20.1 Å². The summed E-state index contributed by atoms with van der Waals surface area (Å²) < 4.78 is 17.0. The van der Waals surface area contributed by atoms with Crippen LogP contribution in [0.3, 0.4) is 0 Å². The van der Waals surface area contributed by atoms with E-state index in [0.29, 0.717) is 18.7 Å². The van der Waals surface area contributed by atoms with Crippen LogP contribution in [0.2, 0.25) is 0 Å². The highest BCUT2D eigenvalue weighted by atomic mass is 16.5. The first kappa shape index (κ1) is 22.6. The van der Waals surface area contributed by atoms with Gasteiger partial charge in [0.2, 0.25) is 5.95 Å². The Kier molecular flexibility index (Phi) is 8.01. The van der Waals surface area contributed by atoms with Gasteiger partial charge in [-0.2, -0.15) is 4.98 Å². The fourth-order valence-corrected chi connectivity index (χ4v) is 4.38. The van der Waals surface area contributed by atoms with Crippen LogP contribution in [0.15, 0.2) is 30.5 Å². The third-order valence-corrected chi connectivity index (χ3v) is 6.23. The van der Waals surface area contributed by atoms with E-state index in [-0.39, 0.29) is 0 Å². The number of ether oxygens (including phenoxy) is 3. The summed E-state index contributed by atoms with van der Waals surface area (Å²) in [5.74, 6) is 2.97. The Labute approximate surface area is 190 Å². The molecule has 32 heavy (non-hydrogen) atoms. The smallest absolute Gasteiger partial charge is 0.229 e. The van der Waals surface area contributed by atoms with Gasteiger partial charge in [-0.1, -0.05) is 0 Å². The molecule has 2 aromatic rings. The average Bonchev–Trinajstić information content (AvgIpc) is 3.36. The van der Waals surface area contributed by atoms with Gasteiger partial charge in [0.05, 0.1) is 19.8 Å². The lowest BCUT2D eigenvalue weighted by molar-refractivity contribution is 0.0818. The summed E-state index contributed by atoms with van der Waals surface area (Å²) in [4.78, 5) is 13.9. The Morgan fingerprint density at radius 3 is 2.59 bits per heavy atom. The van der Waals surface area contributed by atoms with Crippen LogP contribution in [-0.4, -0.2) is 74.5 Å². The molecule has 8 nitrogen and oxygen atoms in total. The standard InChI is InChI=1S/C24H35N5O3/c1-30-20-9-15-29(16-10-20)23-8-11-25-24(27-23)26-19-6-7-21(31-2)22(18-19)32-17-5-14-28-12-3-4-13-28/h6-8,11,18,20H,3-5,9-10,12-17H2,1-2H3,(H,25,26,27). The maximum atomic E-state index is 6.05. The van der Waals surface area contributed by atoms with Gasteiger partial charge < -0.3 is 29.3 Å². The lowest BCUT2D eigenvalue weighted by atomic mass is 10.1. The number of piperidine rings is 1. The highest BCUT2D eigenvalue weighted by molar-refractivity contribution is 5.60. The molecule has 0 spiro atoms. The summed E-state index contributed by atoms with van der Waals surface area (Å²) in [6.45, 7) is 6.06. The topological polar surface area (TPSA) is 72.0 Å². The number of likely N-dealkylation sites (tertiary alicyclic amines) is 1. The third-order valence-electron chi connectivity index (χ3n) is 6.23. The monoisotopic (exact) mass is 441 g/mol. The van der Waals surface area contributed by atoms with Crippen molar-refractivity contribution in [1.82, 2.24) is 14.9 Å². The zero-order valence-electron chi connectivity index (χ0n) is 19.3. The van der Waals surface area contributed by atoms with E-state index >= 15 is 0 Å². The second-order valence-electron chi connectivity index (χ2n) is 8.40. The minimum Gasteiger partial charge on any atom is -0.493 e. The molecule has 1 aromatic carbocycles. The van der Waals surface area contributed by atoms with E-state index in [1.54, 1.807) is 20.4 Å². The number of methoxy groups -OCH3 is 2. The van der Waals surface area contributed by atoms with E-state index in [0.717, 1.165) is 61.9 Å². The van der Waals surface area contributed by atoms with Crippen molar-refractivity contribution in [3.05, 3.63) is 30.5 Å². The molecule has 174 valence electrons. The molecular formula is C24H35N5O3. The Morgan fingerprint density at radius 1 is 1.03 bits per heavy atom. The highest BCUT2D eigenvalue weighted by Crippen LogP contribution is 2.31. The van der Waals surface area contributed by atoms with Gasteiger partial charge in [-0.05, 0) is 63.4 Å². The summed E-state index contributed by atoms with van der Waals surface area (Å²) in [6.07, 6.45) is 7.81. The normalized spacial score (nSPS) is 17.5. The molecule has 2 aliphatic heterocycles. The molecule has 0 atom stereocenters. The van der Waals surface area contributed by atoms with Gasteiger partial charge in [-0.15, -0.1) is 0 Å². The van der Waals surface area contributed by atoms with Crippen molar-refractivity contribution in [1.29, 1.82) is 0 Å². The maximum absolute atomic E-state index is 6.05.